The Morgan fingerprint density at radius 2 is 2.00 bits per heavy atom. The summed E-state index contributed by atoms with van der Waals surface area (Å²) in [7, 11) is 0. The van der Waals surface area contributed by atoms with Crippen molar-refractivity contribution >= 4 is 5.69 Å². The van der Waals surface area contributed by atoms with Crippen LogP contribution in [0.2, 0.25) is 0 Å². The van der Waals surface area contributed by atoms with Crippen LogP contribution in [-0.4, -0.2) is 36.0 Å². The van der Waals surface area contributed by atoms with Gasteiger partial charge in [-0.25, -0.2) is 0 Å². The minimum Gasteiger partial charge on any atom is -0.314 e. The fourth-order valence-electron chi connectivity index (χ4n) is 2.27. The molecule has 1 aromatic rings. The van der Waals surface area contributed by atoms with Gasteiger partial charge in [-0.15, -0.1) is 0 Å². The topological polar surface area (TPSA) is 58.4 Å². The summed E-state index contributed by atoms with van der Waals surface area (Å²) in [5.74, 6) is 0. The molecule has 1 saturated heterocycles. The molecule has 5 nitrogen and oxygen atoms in total. The van der Waals surface area contributed by atoms with Gasteiger partial charge in [-0.05, 0) is 6.92 Å². The minimum absolute atomic E-state index is 0.0960. The summed E-state index contributed by atoms with van der Waals surface area (Å²) in [6, 6.07) is 7.10. The highest BCUT2D eigenvalue weighted by Crippen LogP contribution is 2.28. The molecule has 0 amide bonds. The monoisotopic (exact) mass is 235 g/mol. The lowest BCUT2D eigenvalue weighted by Gasteiger charge is -2.32. The number of benzene rings is 1. The number of rotatable bonds is 3. The summed E-state index contributed by atoms with van der Waals surface area (Å²) < 4.78 is 0. The molecule has 1 heterocycles. The van der Waals surface area contributed by atoms with Gasteiger partial charge in [0.2, 0.25) is 0 Å². The standard InChI is InChI=1S/C12H17N3O2/c1-10(14-8-6-13-7-9-14)11-4-2-3-5-12(11)15(16)17/h2-5,10,13H,6-9H2,1H3. The molecule has 1 unspecified atom stereocenters. The van der Waals surface area contributed by atoms with Crippen molar-refractivity contribution in [2.75, 3.05) is 26.2 Å². The van der Waals surface area contributed by atoms with Crippen LogP contribution in [0.5, 0.6) is 0 Å². The Labute approximate surface area is 101 Å². The van der Waals surface area contributed by atoms with Gasteiger partial charge in [-0.2, -0.15) is 0 Å². The number of hydrogen-bond acceptors (Lipinski definition) is 4. The van der Waals surface area contributed by atoms with Crippen molar-refractivity contribution in [3.05, 3.63) is 39.9 Å². The van der Waals surface area contributed by atoms with Gasteiger partial charge in [-0.3, -0.25) is 15.0 Å². The van der Waals surface area contributed by atoms with Crippen molar-refractivity contribution in [2.24, 2.45) is 0 Å². The Balaban J connectivity index is 2.23. The first kappa shape index (κ1) is 12.0. The van der Waals surface area contributed by atoms with Gasteiger partial charge in [0, 0.05) is 43.9 Å². The summed E-state index contributed by atoms with van der Waals surface area (Å²) in [6.07, 6.45) is 0. The first-order valence-corrected chi connectivity index (χ1v) is 5.88. The van der Waals surface area contributed by atoms with Gasteiger partial charge >= 0.3 is 0 Å². The number of para-hydroxylation sites is 1. The molecule has 0 bridgehead atoms. The van der Waals surface area contributed by atoms with Gasteiger partial charge < -0.3 is 5.32 Å². The fourth-order valence-corrected chi connectivity index (χ4v) is 2.27. The zero-order valence-corrected chi connectivity index (χ0v) is 9.93. The van der Waals surface area contributed by atoms with Crippen LogP contribution in [0.4, 0.5) is 5.69 Å². The Kier molecular flexibility index (Phi) is 3.71. The summed E-state index contributed by atoms with van der Waals surface area (Å²) in [5.41, 5.74) is 1.03. The van der Waals surface area contributed by atoms with Crippen molar-refractivity contribution in [3.8, 4) is 0 Å². The average Bonchev–Trinajstić information content (AvgIpc) is 2.39. The molecule has 0 aliphatic carbocycles. The second-order valence-electron chi connectivity index (χ2n) is 4.28. The second-order valence-corrected chi connectivity index (χ2v) is 4.28. The highest BCUT2D eigenvalue weighted by molar-refractivity contribution is 5.41. The molecule has 1 fully saturated rings. The van der Waals surface area contributed by atoms with Crippen molar-refractivity contribution in [3.63, 3.8) is 0 Å². The van der Waals surface area contributed by atoms with Crippen LogP contribution in [0.3, 0.4) is 0 Å². The lowest BCUT2D eigenvalue weighted by molar-refractivity contribution is -0.386. The van der Waals surface area contributed by atoms with E-state index < -0.39 is 0 Å². The van der Waals surface area contributed by atoms with E-state index in [-0.39, 0.29) is 16.7 Å². The largest absolute Gasteiger partial charge is 0.314 e. The van der Waals surface area contributed by atoms with E-state index in [0.717, 1.165) is 31.7 Å². The number of nitrogens with zero attached hydrogens (tertiary/aromatic N) is 2. The molecule has 0 spiro atoms. The molecule has 92 valence electrons. The van der Waals surface area contributed by atoms with E-state index in [1.165, 1.54) is 0 Å². The Bertz CT molecular complexity index is 402. The highest BCUT2D eigenvalue weighted by Gasteiger charge is 2.24. The maximum absolute atomic E-state index is 11.0. The molecule has 1 N–H and O–H groups in total. The number of hydrogen-bond donors (Lipinski definition) is 1. The average molecular weight is 235 g/mol. The van der Waals surface area contributed by atoms with E-state index in [9.17, 15) is 10.1 Å². The molecular formula is C12H17N3O2. The molecule has 1 aliphatic heterocycles. The number of nitro benzene ring substituents is 1. The van der Waals surface area contributed by atoms with Crippen LogP contribution in [0, 0.1) is 10.1 Å². The number of nitro groups is 1. The molecule has 17 heavy (non-hydrogen) atoms. The predicted molar refractivity (Wildman–Crippen MR) is 66.0 cm³/mol. The Hall–Kier alpha value is -1.46. The molecule has 0 saturated carbocycles. The third-order valence-electron chi connectivity index (χ3n) is 3.28. The first-order valence-electron chi connectivity index (χ1n) is 5.88. The van der Waals surface area contributed by atoms with Gasteiger partial charge in [0.1, 0.15) is 0 Å². The molecule has 0 aromatic heterocycles. The molecule has 5 heteroatoms. The van der Waals surface area contributed by atoms with Crippen LogP contribution in [0.15, 0.2) is 24.3 Å². The third-order valence-corrected chi connectivity index (χ3v) is 3.28. The summed E-state index contributed by atoms with van der Waals surface area (Å²) in [4.78, 5) is 13.0. The molecule has 2 rings (SSSR count). The first-order chi connectivity index (χ1) is 8.20. The Morgan fingerprint density at radius 3 is 2.65 bits per heavy atom. The summed E-state index contributed by atoms with van der Waals surface area (Å²) >= 11 is 0. The van der Waals surface area contributed by atoms with E-state index in [4.69, 9.17) is 0 Å². The van der Waals surface area contributed by atoms with Crippen molar-refractivity contribution in [1.82, 2.24) is 10.2 Å². The SMILES string of the molecule is CC(c1ccccc1[N+](=O)[O-])N1CCNCC1. The highest BCUT2D eigenvalue weighted by atomic mass is 16.6. The lowest BCUT2D eigenvalue weighted by atomic mass is 10.0. The predicted octanol–water partition coefficient (Wildman–Crippen LogP) is 1.56. The van der Waals surface area contributed by atoms with E-state index in [1.807, 2.05) is 19.1 Å². The Morgan fingerprint density at radius 1 is 1.35 bits per heavy atom. The van der Waals surface area contributed by atoms with Crippen molar-refractivity contribution < 1.29 is 4.92 Å². The summed E-state index contributed by atoms with van der Waals surface area (Å²) in [5, 5.41) is 14.3. The quantitative estimate of drug-likeness (QED) is 0.638. The van der Waals surface area contributed by atoms with Crippen LogP contribution < -0.4 is 5.32 Å². The van der Waals surface area contributed by atoms with Crippen LogP contribution >= 0.6 is 0 Å². The lowest BCUT2D eigenvalue weighted by Crippen LogP contribution is -2.44. The summed E-state index contributed by atoms with van der Waals surface area (Å²) in [6.45, 7) is 5.81. The molecule has 1 atom stereocenters. The zero-order chi connectivity index (χ0) is 12.3. The van der Waals surface area contributed by atoms with Gasteiger partial charge in [-0.1, -0.05) is 18.2 Å². The van der Waals surface area contributed by atoms with Gasteiger partial charge in [0.25, 0.3) is 5.69 Å². The van der Waals surface area contributed by atoms with E-state index >= 15 is 0 Å². The molecular weight excluding hydrogens is 218 g/mol. The third kappa shape index (κ3) is 2.62. The number of nitrogens with one attached hydrogen (secondary N) is 1. The van der Waals surface area contributed by atoms with E-state index in [0.29, 0.717) is 0 Å². The minimum atomic E-state index is -0.298. The second kappa shape index (κ2) is 5.25. The number of piperazine rings is 1. The van der Waals surface area contributed by atoms with E-state index in [1.54, 1.807) is 12.1 Å². The van der Waals surface area contributed by atoms with E-state index in [2.05, 4.69) is 10.2 Å². The van der Waals surface area contributed by atoms with Gasteiger partial charge in [0.15, 0.2) is 0 Å². The fraction of sp³-hybridized carbons (Fsp3) is 0.500. The smallest absolute Gasteiger partial charge is 0.274 e. The van der Waals surface area contributed by atoms with Crippen LogP contribution in [-0.2, 0) is 0 Å². The maximum Gasteiger partial charge on any atom is 0.274 e. The molecule has 1 aromatic carbocycles. The maximum atomic E-state index is 11.0. The zero-order valence-electron chi connectivity index (χ0n) is 9.93. The van der Waals surface area contributed by atoms with Gasteiger partial charge in [0.05, 0.1) is 4.92 Å². The van der Waals surface area contributed by atoms with Crippen molar-refractivity contribution in [1.29, 1.82) is 0 Å². The van der Waals surface area contributed by atoms with Crippen LogP contribution in [0.25, 0.3) is 0 Å². The van der Waals surface area contributed by atoms with Crippen LogP contribution in [0.1, 0.15) is 18.5 Å². The molecule has 0 radical (unpaired) electrons. The molecule has 1 aliphatic rings. The van der Waals surface area contributed by atoms with Crippen molar-refractivity contribution in [2.45, 2.75) is 13.0 Å². The normalized spacial score (nSPS) is 18.9.